The molecule has 2 fully saturated rings. The standard InChI is InChI=1S/C18H28N4O.2ClH/c1-3-22(4-2)15-8-5-12(10-20-15)11-21-18(23)16-13-6-7-14(9-13)17(16)19;;/h5,8,10,13-14,16-17H,3-4,6-7,9,11,19H2,1-2H3,(H,21,23);2*1H. The van der Waals surface area contributed by atoms with Crippen LogP contribution in [0.15, 0.2) is 18.3 Å². The third-order valence-electron chi connectivity index (χ3n) is 5.65. The lowest BCUT2D eigenvalue weighted by Crippen LogP contribution is -2.45. The van der Waals surface area contributed by atoms with Gasteiger partial charge < -0.3 is 16.0 Å². The first-order valence-corrected chi connectivity index (χ1v) is 8.87. The molecule has 3 rings (SSSR count). The van der Waals surface area contributed by atoms with Crippen LogP contribution in [0.5, 0.6) is 0 Å². The number of hydrogen-bond donors (Lipinski definition) is 2. The number of halogens is 2. The van der Waals surface area contributed by atoms with E-state index in [0.29, 0.717) is 18.4 Å². The van der Waals surface area contributed by atoms with Gasteiger partial charge in [0, 0.05) is 31.9 Å². The third kappa shape index (κ3) is 4.57. The summed E-state index contributed by atoms with van der Waals surface area (Å²) in [6.45, 7) is 6.67. The molecule has 2 bridgehead atoms. The zero-order valence-electron chi connectivity index (χ0n) is 15.0. The Morgan fingerprint density at radius 2 is 1.92 bits per heavy atom. The Morgan fingerprint density at radius 1 is 1.24 bits per heavy atom. The number of fused-ring (bicyclic) bond motifs is 2. The van der Waals surface area contributed by atoms with Crippen LogP contribution in [0.3, 0.4) is 0 Å². The van der Waals surface area contributed by atoms with E-state index in [0.717, 1.165) is 37.3 Å². The Kier molecular flexibility index (Phi) is 8.45. The number of hydrogen-bond acceptors (Lipinski definition) is 4. The second-order valence-electron chi connectivity index (χ2n) is 6.85. The smallest absolute Gasteiger partial charge is 0.225 e. The summed E-state index contributed by atoms with van der Waals surface area (Å²) in [6.07, 6.45) is 5.36. The monoisotopic (exact) mass is 388 g/mol. The zero-order chi connectivity index (χ0) is 16.4. The fraction of sp³-hybridized carbons (Fsp3) is 0.667. The van der Waals surface area contributed by atoms with Crippen LogP contribution in [0.2, 0.25) is 0 Å². The van der Waals surface area contributed by atoms with Gasteiger partial charge in [0.15, 0.2) is 0 Å². The van der Waals surface area contributed by atoms with Gasteiger partial charge in [-0.3, -0.25) is 4.79 Å². The molecule has 1 aromatic rings. The number of carbonyl (C=O) groups is 1. The lowest BCUT2D eigenvalue weighted by atomic mass is 9.84. The molecule has 4 unspecified atom stereocenters. The maximum Gasteiger partial charge on any atom is 0.225 e. The van der Waals surface area contributed by atoms with Gasteiger partial charge in [0.2, 0.25) is 5.91 Å². The number of anilines is 1. The predicted molar refractivity (Wildman–Crippen MR) is 106 cm³/mol. The van der Waals surface area contributed by atoms with Gasteiger partial charge in [-0.2, -0.15) is 0 Å². The van der Waals surface area contributed by atoms with E-state index in [9.17, 15) is 4.79 Å². The van der Waals surface area contributed by atoms with Gasteiger partial charge >= 0.3 is 0 Å². The topological polar surface area (TPSA) is 71.2 Å². The van der Waals surface area contributed by atoms with Crippen LogP contribution in [-0.4, -0.2) is 30.0 Å². The maximum atomic E-state index is 12.5. The average Bonchev–Trinajstić information content (AvgIpc) is 3.16. The highest BCUT2D eigenvalue weighted by molar-refractivity contribution is 5.85. The van der Waals surface area contributed by atoms with Crippen molar-refractivity contribution in [3.05, 3.63) is 23.9 Å². The van der Waals surface area contributed by atoms with Crippen molar-refractivity contribution in [3.63, 3.8) is 0 Å². The molecule has 0 spiro atoms. The second-order valence-corrected chi connectivity index (χ2v) is 6.85. The van der Waals surface area contributed by atoms with Crippen molar-refractivity contribution in [2.75, 3.05) is 18.0 Å². The van der Waals surface area contributed by atoms with Gasteiger partial charge in [0.25, 0.3) is 0 Å². The highest BCUT2D eigenvalue weighted by Gasteiger charge is 2.48. The van der Waals surface area contributed by atoms with Crippen molar-refractivity contribution in [1.29, 1.82) is 0 Å². The number of nitrogens with one attached hydrogen (secondary N) is 1. The molecule has 0 radical (unpaired) electrons. The molecule has 1 heterocycles. The van der Waals surface area contributed by atoms with E-state index in [-0.39, 0.29) is 42.7 Å². The van der Waals surface area contributed by atoms with Crippen LogP contribution >= 0.6 is 24.8 Å². The molecule has 7 heteroatoms. The molecule has 0 saturated heterocycles. The van der Waals surface area contributed by atoms with Crippen LogP contribution in [-0.2, 0) is 11.3 Å². The van der Waals surface area contributed by atoms with Gasteiger partial charge in [-0.1, -0.05) is 6.07 Å². The lowest BCUT2D eigenvalue weighted by Gasteiger charge is -2.27. The molecule has 142 valence electrons. The summed E-state index contributed by atoms with van der Waals surface area (Å²) in [5.74, 6) is 2.18. The quantitative estimate of drug-likeness (QED) is 0.785. The summed E-state index contributed by atoms with van der Waals surface area (Å²) in [5, 5.41) is 3.06. The number of aromatic nitrogens is 1. The normalized spacial score (nSPS) is 26.5. The number of rotatable bonds is 6. The highest BCUT2D eigenvalue weighted by Crippen LogP contribution is 2.47. The van der Waals surface area contributed by atoms with Crippen molar-refractivity contribution in [3.8, 4) is 0 Å². The predicted octanol–water partition coefficient (Wildman–Crippen LogP) is 2.76. The molecule has 4 atom stereocenters. The van der Waals surface area contributed by atoms with Gasteiger partial charge in [-0.25, -0.2) is 4.98 Å². The largest absolute Gasteiger partial charge is 0.357 e. The second kappa shape index (κ2) is 9.60. The van der Waals surface area contributed by atoms with Crippen molar-refractivity contribution >= 4 is 36.5 Å². The van der Waals surface area contributed by atoms with Gasteiger partial charge in [0.05, 0.1) is 5.92 Å². The Balaban J connectivity index is 0.00000156. The minimum absolute atomic E-state index is 0. The van der Waals surface area contributed by atoms with Crippen molar-refractivity contribution in [2.45, 2.75) is 45.7 Å². The number of amides is 1. The number of carbonyl (C=O) groups excluding carboxylic acids is 1. The molecule has 2 aliphatic carbocycles. The van der Waals surface area contributed by atoms with E-state index >= 15 is 0 Å². The molecule has 0 aliphatic heterocycles. The molecule has 2 saturated carbocycles. The molecule has 1 amide bonds. The summed E-state index contributed by atoms with van der Waals surface area (Å²) < 4.78 is 0. The minimum Gasteiger partial charge on any atom is -0.357 e. The van der Waals surface area contributed by atoms with E-state index in [1.54, 1.807) is 0 Å². The van der Waals surface area contributed by atoms with Gasteiger partial charge in [-0.15, -0.1) is 24.8 Å². The molecular formula is C18H30Cl2N4O. The Hall–Kier alpha value is -1.04. The summed E-state index contributed by atoms with van der Waals surface area (Å²) in [5.41, 5.74) is 7.27. The molecular weight excluding hydrogens is 359 g/mol. The van der Waals surface area contributed by atoms with Crippen LogP contribution in [0.25, 0.3) is 0 Å². The first-order valence-electron chi connectivity index (χ1n) is 8.87. The number of nitrogens with two attached hydrogens (primary N) is 1. The maximum absolute atomic E-state index is 12.5. The number of pyridine rings is 1. The third-order valence-corrected chi connectivity index (χ3v) is 5.65. The molecule has 2 aliphatic rings. The van der Waals surface area contributed by atoms with E-state index in [1.807, 2.05) is 18.3 Å². The summed E-state index contributed by atoms with van der Waals surface area (Å²) >= 11 is 0. The van der Waals surface area contributed by atoms with Crippen LogP contribution in [0.1, 0.15) is 38.7 Å². The summed E-state index contributed by atoms with van der Waals surface area (Å²) in [6, 6.07) is 4.12. The van der Waals surface area contributed by atoms with E-state index in [1.165, 1.54) is 6.42 Å². The number of nitrogens with zero attached hydrogens (tertiary/aromatic N) is 2. The minimum atomic E-state index is 0. The lowest BCUT2D eigenvalue weighted by molar-refractivity contribution is -0.127. The molecule has 5 nitrogen and oxygen atoms in total. The van der Waals surface area contributed by atoms with Crippen molar-refractivity contribution in [1.82, 2.24) is 10.3 Å². The highest BCUT2D eigenvalue weighted by atomic mass is 35.5. The van der Waals surface area contributed by atoms with E-state index in [2.05, 4.69) is 29.0 Å². The fourth-order valence-corrected chi connectivity index (χ4v) is 4.29. The fourth-order valence-electron chi connectivity index (χ4n) is 4.29. The van der Waals surface area contributed by atoms with Gasteiger partial charge in [-0.05, 0) is 56.6 Å². The molecule has 25 heavy (non-hydrogen) atoms. The van der Waals surface area contributed by atoms with Crippen LogP contribution in [0, 0.1) is 17.8 Å². The first kappa shape index (κ1) is 22.0. The average molecular weight is 389 g/mol. The van der Waals surface area contributed by atoms with E-state index < -0.39 is 0 Å². The SMILES string of the molecule is CCN(CC)c1ccc(CNC(=O)C2C3CCC(C3)C2N)cn1.Cl.Cl. The summed E-state index contributed by atoms with van der Waals surface area (Å²) in [4.78, 5) is 19.2. The van der Waals surface area contributed by atoms with Crippen LogP contribution < -0.4 is 16.0 Å². The molecule has 3 N–H and O–H groups in total. The van der Waals surface area contributed by atoms with Crippen LogP contribution in [0.4, 0.5) is 5.82 Å². The van der Waals surface area contributed by atoms with E-state index in [4.69, 9.17) is 5.73 Å². The Bertz CT molecular complexity index is 549. The Morgan fingerprint density at radius 3 is 2.44 bits per heavy atom. The van der Waals surface area contributed by atoms with Crippen molar-refractivity contribution in [2.24, 2.45) is 23.5 Å². The zero-order valence-corrected chi connectivity index (χ0v) is 16.6. The Labute approximate surface area is 163 Å². The van der Waals surface area contributed by atoms with Crippen molar-refractivity contribution < 1.29 is 4.79 Å². The first-order chi connectivity index (χ1) is 11.1. The van der Waals surface area contributed by atoms with Gasteiger partial charge in [0.1, 0.15) is 5.82 Å². The molecule has 1 aromatic heterocycles. The molecule has 0 aromatic carbocycles. The summed E-state index contributed by atoms with van der Waals surface area (Å²) in [7, 11) is 0.